The molecule has 1 aliphatic heterocycles. The van der Waals surface area contributed by atoms with Gasteiger partial charge in [-0.15, -0.1) is 0 Å². The summed E-state index contributed by atoms with van der Waals surface area (Å²) in [7, 11) is 0. The summed E-state index contributed by atoms with van der Waals surface area (Å²) in [6.45, 7) is 1.77. The van der Waals surface area contributed by atoms with Crippen molar-refractivity contribution in [2.24, 2.45) is 5.92 Å². The van der Waals surface area contributed by atoms with Crippen LogP contribution in [-0.4, -0.2) is 29.1 Å². The molecule has 1 aromatic rings. The average Bonchev–Trinajstić information content (AvgIpc) is 2.45. The van der Waals surface area contributed by atoms with E-state index in [-0.39, 0.29) is 11.8 Å². The Morgan fingerprint density at radius 2 is 2.20 bits per heavy atom. The molecule has 108 valence electrons. The smallest absolute Gasteiger partial charge is 0.450 e. The number of fused-ring (bicyclic) bond motifs is 1. The van der Waals surface area contributed by atoms with Gasteiger partial charge in [0.05, 0.1) is 5.69 Å². The van der Waals surface area contributed by atoms with Crippen molar-refractivity contribution in [1.29, 1.82) is 0 Å². The Kier molecular flexibility index (Phi) is 4.54. The molecule has 2 atom stereocenters. The second kappa shape index (κ2) is 6.17. The lowest BCUT2D eigenvalue weighted by atomic mass is 9.99. The van der Waals surface area contributed by atoms with Crippen molar-refractivity contribution < 1.29 is 19.4 Å². The van der Waals surface area contributed by atoms with Gasteiger partial charge in [-0.1, -0.05) is 25.1 Å². The lowest BCUT2D eigenvalue weighted by Crippen LogP contribution is -2.48. The molecule has 20 heavy (non-hydrogen) atoms. The van der Waals surface area contributed by atoms with E-state index in [0.717, 1.165) is 11.3 Å². The van der Waals surface area contributed by atoms with Crippen molar-refractivity contribution in [2.45, 2.75) is 26.0 Å². The maximum absolute atomic E-state index is 12.5. The Balaban J connectivity index is 2.37. The van der Waals surface area contributed by atoms with E-state index in [9.17, 15) is 9.59 Å². The van der Waals surface area contributed by atoms with E-state index in [1.807, 2.05) is 24.3 Å². The first-order chi connectivity index (χ1) is 9.54. The average molecular weight is 295 g/mol. The van der Waals surface area contributed by atoms with Gasteiger partial charge in [0.15, 0.2) is 6.23 Å². The molecule has 2 rings (SSSR count). The van der Waals surface area contributed by atoms with Crippen molar-refractivity contribution in [2.75, 3.05) is 10.7 Å². The minimum absolute atomic E-state index is 0.168. The topological polar surface area (TPSA) is 66.8 Å². The zero-order valence-corrected chi connectivity index (χ0v) is 12.0. The van der Waals surface area contributed by atoms with Crippen LogP contribution in [0.1, 0.15) is 18.9 Å². The van der Waals surface area contributed by atoms with Crippen LogP contribution in [0.5, 0.6) is 0 Å². The fraction of sp³-hybridized carbons (Fsp3) is 0.429. The summed E-state index contributed by atoms with van der Waals surface area (Å²) in [4.78, 5) is 24.8. The fourth-order valence-corrected chi connectivity index (χ4v) is 2.48. The summed E-state index contributed by atoms with van der Waals surface area (Å²) in [6.07, 6.45) is -0.982. The number of hydrogen-bond acceptors (Lipinski definition) is 4. The number of carboxylic acid groups (broad SMARTS) is 1. The molecule has 0 aliphatic carbocycles. The maximum Gasteiger partial charge on any atom is 0.507 e. The van der Waals surface area contributed by atoms with Gasteiger partial charge >= 0.3 is 6.16 Å². The molecule has 0 aromatic heterocycles. The third-order valence-electron chi connectivity index (χ3n) is 3.37. The van der Waals surface area contributed by atoms with Crippen LogP contribution in [-0.2, 0) is 16.0 Å². The van der Waals surface area contributed by atoms with Gasteiger partial charge in [0, 0.05) is 18.1 Å². The second-order valence-electron chi connectivity index (χ2n) is 4.80. The van der Waals surface area contributed by atoms with E-state index in [4.69, 9.17) is 9.84 Å². The highest BCUT2D eigenvalue weighted by Crippen LogP contribution is 2.32. The molecule has 0 saturated carbocycles. The van der Waals surface area contributed by atoms with Crippen molar-refractivity contribution in [3.63, 3.8) is 0 Å². The molecule has 0 saturated heterocycles. The number of ether oxygens (including phenoxy) is 1. The van der Waals surface area contributed by atoms with Gasteiger partial charge in [-0.05, 0) is 18.1 Å². The molecule has 0 radical (unpaired) electrons. The highest BCUT2D eigenvalue weighted by atomic mass is 32.1. The van der Waals surface area contributed by atoms with Crippen molar-refractivity contribution in [1.82, 2.24) is 0 Å². The molecule has 1 N–H and O–H groups in total. The zero-order valence-electron chi connectivity index (χ0n) is 11.2. The number of amides is 1. The number of carbonyl (C=O) groups excluding carboxylic acids is 1. The van der Waals surface area contributed by atoms with Crippen molar-refractivity contribution in [3.05, 3.63) is 29.8 Å². The van der Waals surface area contributed by atoms with Crippen molar-refractivity contribution in [3.8, 4) is 0 Å². The standard InChI is InChI=1S/C14H17NO4S/c1-9(8-20)13(16)15-11-5-3-2-4-10(11)6-7-12(15)19-14(17)18/h2-5,9,12,20H,6-8H2,1H3,(H,17,18). The van der Waals surface area contributed by atoms with Gasteiger partial charge in [-0.25, -0.2) is 4.79 Å². The van der Waals surface area contributed by atoms with Crippen LogP contribution in [0.25, 0.3) is 0 Å². The van der Waals surface area contributed by atoms with Gasteiger partial charge < -0.3 is 9.84 Å². The Bertz CT molecular complexity index is 520. The Morgan fingerprint density at radius 3 is 2.85 bits per heavy atom. The van der Waals surface area contributed by atoms with Crippen LogP contribution in [0.15, 0.2) is 24.3 Å². The molecular formula is C14H17NO4S. The Labute approximate surface area is 122 Å². The molecule has 6 heteroatoms. The first-order valence-electron chi connectivity index (χ1n) is 6.46. The lowest BCUT2D eigenvalue weighted by Gasteiger charge is -2.37. The SMILES string of the molecule is CC(CS)C(=O)N1c2ccccc2CCC1OC(=O)O. The second-order valence-corrected chi connectivity index (χ2v) is 5.16. The lowest BCUT2D eigenvalue weighted by molar-refractivity contribution is -0.123. The van der Waals surface area contributed by atoms with Crippen LogP contribution in [0.4, 0.5) is 10.5 Å². The highest BCUT2D eigenvalue weighted by molar-refractivity contribution is 7.80. The van der Waals surface area contributed by atoms with Crippen molar-refractivity contribution >= 4 is 30.4 Å². The number of carbonyl (C=O) groups is 2. The van der Waals surface area contributed by atoms with E-state index in [0.29, 0.717) is 18.6 Å². The number of anilines is 1. The number of rotatable bonds is 3. The summed E-state index contributed by atoms with van der Waals surface area (Å²) in [5.74, 6) is -0.0696. The van der Waals surface area contributed by atoms with E-state index in [1.165, 1.54) is 4.90 Å². The molecular weight excluding hydrogens is 278 g/mol. The van der Waals surface area contributed by atoms with E-state index >= 15 is 0 Å². The largest absolute Gasteiger partial charge is 0.507 e. The number of thiol groups is 1. The van der Waals surface area contributed by atoms with Gasteiger partial charge in [0.1, 0.15) is 0 Å². The third-order valence-corrected chi connectivity index (χ3v) is 3.92. The zero-order chi connectivity index (χ0) is 14.7. The normalized spacial score (nSPS) is 19.1. The number of para-hydroxylation sites is 1. The van der Waals surface area contributed by atoms with Crippen LogP contribution < -0.4 is 4.90 Å². The Morgan fingerprint density at radius 1 is 1.50 bits per heavy atom. The molecule has 0 fully saturated rings. The molecule has 1 aromatic carbocycles. The quantitative estimate of drug-likeness (QED) is 0.664. The van der Waals surface area contributed by atoms with Gasteiger partial charge in [-0.3, -0.25) is 9.69 Å². The Hall–Kier alpha value is -1.69. The van der Waals surface area contributed by atoms with E-state index in [2.05, 4.69) is 12.6 Å². The monoisotopic (exact) mass is 295 g/mol. The van der Waals surface area contributed by atoms with Gasteiger partial charge in [0.25, 0.3) is 0 Å². The minimum atomic E-state index is -1.37. The predicted molar refractivity (Wildman–Crippen MR) is 78.2 cm³/mol. The number of aryl methyl sites for hydroxylation is 1. The molecule has 5 nitrogen and oxygen atoms in total. The van der Waals surface area contributed by atoms with Crippen LogP contribution in [0.2, 0.25) is 0 Å². The predicted octanol–water partition coefficient (Wildman–Crippen LogP) is 2.55. The first-order valence-corrected chi connectivity index (χ1v) is 7.09. The van der Waals surface area contributed by atoms with E-state index < -0.39 is 12.4 Å². The molecule has 0 spiro atoms. The van der Waals surface area contributed by atoms with Crippen LogP contribution in [0, 0.1) is 5.92 Å². The van der Waals surface area contributed by atoms with Gasteiger partial charge in [0.2, 0.25) is 5.91 Å². The molecule has 1 aliphatic rings. The molecule has 1 amide bonds. The molecule has 1 heterocycles. The summed E-state index contributed by atoms with van der Waals surface area (Å²) < 4.78 is 4.87. The maximum atomic E-state index is 12.5. The van der Waals surface area contributed by atoms with Crippen LogP contribution >= 0.6 is 12.6 Å². The summed E-state index contributed by atoms with van der Waals surface area (Å²) >= 11 is 4.14. The number of hydrogen-bond donors (Lipinski definition) is 2. The van der Waals surface area contributed by atoms with Crippen LogP contribution in [0.3, 0.4) is 0 Å². The molecule has 2 unspecified atom stereocenters. The summed E-state index contributed by atoms with van der Waals surface area (Å²) in [6, 6.07) is 7.49. The molecule has 0 bridgehead atoms. The summed E-state index contributed by atoms with van der Waals surface area (Å²) in [5.41, 5.74) is 1.75. The highest BCUT2D eigenvalue weighted by Gasteiger charge is 2.35. The number of benzene rings is 1. The minimum Gasteiger partial charge on any atom is -0.450 e. The fourth-order valence-electron chi connectivity index (χ4n) is 2.32. The first kappa shape index (κ1) is 14.7. The summed E-state index contributed by atoms with van der Waals surface area (Å²) in [5, 5.41) is 8.83. The van der Waals surface area contributed by atoms with Gasteiger partial charge in [-0.2, -0.15) is 12.6 Å². The van der Waals surface area contributed by atoms with E-state index in [1.54, 1.807) is 6.92 Å². The third kappa shape index (κ3) is 2.90. The number of nitrogens with zero attached hydrogens (tertiary/aromatic N) is 1.